The number of piperidine rings is 4. The molecule has 1 aromatic heterocycles. The van der Waals surface area contributed by atoms with E-state index in [9.17, 15) is 4.79 Å². The minimum absolute atomic E-state index is 0. The normalized spacial score (nSPS) is 27.6. The van der Waals surface area contributed by atoms with E-state index in [0.717, 1.165) is 54.6 Å². The fourth-order valence-corrected chi connectivity index (χ4v) is 6.83. The minimum atomic E-state index is -0.711. The van der Waals surface area contributed by atoms with Gasteiger partial charge in [-0.25, -0.2) is 4.79 Å². The van der Waals surface area contributed by atoms with Gasteiger partial charge in [-0.1, -0.05) is 36.8 Å². The summed E-state index contributed by atoms with van der Waals surface area (Å²) >= 11 is 0. The fraction of sp³-hybridized carbons (Fsp3) is 0.600. The highest BCUT2D eigenvalue weighted by Gasteiger charge is 2.50. The molecule has 2 unspecified atom stereocenters. The quantitative estimate of drug-likeness (QED) is 0.368. The Morgan fingerprint density at radius 1 is 1.11 bits per heavy atom. The van der Waals surface area contributed by atoms with Gasteiger partial charge in [0.1, 0.15) is 12.1 Å². The first-order valence-corrected chi connectivity index (χ1v) is 13.8. The SMILES string of the molecule is Cc1cc(CCC[N+]23CCC(CC2)C(OC(=O)C(C)(c2ccccc2)N2CCCCC2)C3)ccn1.[Br-]. The molecular weight excluding hydrogens is 514 g/mol. The number of nitrogens with zero attached hydrogens (tertiary/aromatic N) is 3. The number of hydrogen-bond acceptors (Lipinski definition) is 4. The maximum atomic E-state index is 14.0. The third kappa shape index (κ3) is 5.71. The Hall–Kier alpha value is -1.76. The highest BCUT2D eigenvalue weighted by molar-refractivity contribution is 5.82. The van der Waals surface area contributed by atoms with Crippen molar-refractivity contribution in [1.29, 1.82) is 0 Å². The highest BCUT2D eigenvalue weighted by atomic mass is 79.9. The highest BCUT2D eigenvalue weighted by Crippen LogP contribution is 2.39. The summed E-state index contributed by atoms with van der Waals surface area (Å²) in [5, 5.41) is 0. The lowest BCUT2D eigenvalue weighted by molar-refractivity contribution is -0.946. The number of likely N-dealkylation sites (tertiary alicyclic amines) is 1. The Kier molecular flexibility index (Phi) is 8.90. The summed E-state index contributed by atoms with van der Waals surface area (Å²) in [6.45, 7) is 10.7. The Morgan fingerprint density at radius 2 is 1.83 bits per heavy atom. The van der Waals surface area contributed by atoms with Crippen LogP contribution in [0.25, 0.3) is 0 Å². The standard InChI is InChI=1S/C30H42N3O2.BrH/c1-24-22-25(13-16-31-24)10-9-19-33-20-14-26(15-21-33)28(23-33)35-29(34)30(2,27-11-5-3-6-12-27)32-17-7-4-8-18-32;/h3,5-6,11-13,16,22,26,28H,4,7-10,14-15,17-21,23H2,1-2H3;1H/q+1;/p-1. The zero-order valence-electron chi connectivity index (χ0n) is 22.0. The number of fused-ring (bicyclic) bond motifs is 3. The summed E-state index contributed by atoms with van der Waals surface area (Å²) < 4.78 is 7.61. The molecule has 4 aliphatic rings. The molecule has 2 atom stereocenters. The lowest BCUT2D eigenvalue weighted by Crippen LogP contribution is -3.00. The molecule has 2 bridgehead atoms. The molecule has 0 radical (unpaired) electrons. The van der Waals surface area contributed by atoms with Crippen LogP contribution in [0, 0.1) is 12.8 Å². The number of aryl methyl sites for hydroxylation is 2. The Balaban J connectivity index is 0.00000304. The van der Waals surface area contributed by atoms with E-state index in [4.69, 9.17) is 4.74 Å². The van der Waals surface area contributed by atoms with Crippen molar-refractivity contribution in [2.24, 2.45) is 5.92 Å². The number of hydrogen-bond donors (Lipinski definition) is 0. The van der Waals surface area contributed by atoms with Crippen LogP contribution in [0.4, 0.5) is 0 Å². The monoisotopic (exact) mass is 555 g/mol. The number of benzene rings is 1. The molecular formula is C30H42BrN3O2. The van der Waals surface area contributed by atoms with Crippen LogP contribution in [0.2, 0.25) is 0 Å². The molecule has 36 heavy (non-hydrogen) atoms. The van der Waals surface area contributed by atoms with Crippen molar-refractivity contribution in [3.8, 4) is 0 Å². The lowest BCUT2D eigenvalue weighted by atomic mass is 9.82. The maximum Gasteiger partial charge on any atom is 0.331 e. The number of pyridine rings is 1. The van der Waals surface area contributed by atoms with Crippen LogP contribution in [0.3, 0.4) is 0 Å². The molecule has 4 aliphatic heterocycles. The minimum Gasteiger partial charge on any atom is -1.00 e. The van der Waals surface area contributed by atoms with Crippen LogP contribution in [-0.4, -0.2) is 65.7 Å². The number of halogens is 1. The van der Waals surface area contributed by atoms with E-state index in [1.165, 1.54) is 50.9 Å². The molecule has 0 aliphatic carbocycles. The molecule has 0 spiro atoms. The van der Waals surface area contributed by atoms with Crippen LogP contribution >= 0.6 is 0 Å². The van der Waals surface area contributed by atoms with Crippen molar-refractivity contribution in [1.82, 2.24) is 9.88 Å². The number of ether oxygens (including phenoxy) is 1. The molecule has 196 valence electrons. The van der Waals surface area contributed by atoms with Gasteiger partial charge in [-0.2, -0.15) is 0 Å². The first-order chi connectivity index (χ1) is 17.0. The number of aromatic nitrogens is 1. The molecule has 0 amide bonds. The van der Waals surface area contributed by atoms with Gasteiger partial charge in [-0.3, -0.25) is 9.88 Å². The molecule has 5 nitrogen and oxygen atoms in total. The van der Waals surface area contributed by atoms with E-state index in [-0.39, 0.29) is 29.1 Å². The van der Waals surface area contributed by atoms with Crippen LogP contribution in [-0.2, 0) is 21.5 Å². The summed E-state index contributed by atoms with van der Waals surface area (Å²) in [7, 11) is 0. The van der Waals surface area contributed by atoms with Gasteiger partial charge < -0.3 is 26.2 Å². The topological polar surface area (TPSA) is 42.4 Å². The van der Waals surface area contributed by atoms with Crippen LogP contribution in [0.5, 0.6) is 0 Å². The van der Waals surface area contributed by atoms with Crippen LogP contribution < -0.4 is 17.0 Å². The summed E-state index contributed by atoms with van der Waals surface area (Å²) in [6, 6.07) is 14.7. The molecule has 2 aromatic rings. The summed E-state index contributed by atoms with van der Waals surface area (Å²) in [5.41, 5.74) is 2.82. The van der Waals surface area contributed by atoms with E-state index >= 15 is 0 Å². The number of rotatable bonds is 8. The van der Waals surface area contributed by atoms with Gasteiger partial charge in [-0.05, 0) is 69.5 Å². The van der Waals surface area contributed by atoms with Gasteiger partial charge in [0.15, 0.2) is 6.10 Å². The summed E-state index contributed by atoms with van der Waals surface area (Å²) in [6.07, 6.45) is 10.1. The van der Waals surface area contributed by atoms with Crippen molar-refractivity contribution < 1.29 is 31.0 Å². The predicted octanol–water partition coefficient (Wildman–Crippen LogP) is 1.88. The number of carbonyl (C=O) groups is 1. The van der Waals surface area contributed by atoms with E-state index in [1.54, 1.807) is 0 Å². The predicted molar refractivity (Wildman–Crippen MR) is 139 cm³/mol. The second kappa shape index (κ2) is 11.7. The largest absolute Gasteiger partial charge is 1.00 e. The zero-order valence-corrected chi connectivity index (χ0v) is 23.6. The van der Waals surface area contributed by atoms with Crippen molar-refractivity contribution in [2.75, 3.05) is 39.3 Å². The van der Waals surface area contributed by atoms with Crippen molar-refractivity contribution in [3.63, 3.8) is 0 Å². The number of carbonyl (C=O) groups excluding carboxylic acids is 1. The van der Waals surface area contributed by atoms with Crippen molar-refractivity contribution in [2.45, 2.75) is 70.4 Å². The first kappa shape index (κ1) is 27.3. The number of esters is 1. The molecule has 0 N–H and O–H groups in total. The van der Waals surface area contributed by atoms with Gasteiger partial charge >= 0.3 is 5.97 Å². The second-order valence-electron chi connectivity index (χ2n) is 11.4. The van der Waals surface area contributed by atoms with Gasteiger partial charge in [0, 0.05) is 37.1 Å². The average Bonchev–Trinajstić information content (AvgIpc) is 2.90. The maximum absolute atomic E-state index is 14.0. The van der Waals surface area contributed by atoms with E-state index < -0.39 is 5.54 Å². The van der Waals surface area contributed by atoms with E-state index in [0.29, 0.717) is 5.92 Å². The molecule has 4 fully saturated rings. The Morgan fingerprint density at radius 3 is 2.53 bits per heavy atom. The Bertz CT molecular complexity index is 1000. The fourth-order valence-electron chi connectivity index (χ4n) is 6.83. The molecule has 0 saturated carbocycles. The number of quaternary nitrogens is 1. The van der Waals surface area contributed by atoms with Crippen LogP contribution in [0.15, 0.2) is 48.7 Å². The molecule has 6 rings (SSSR count). The average molecular weight is 557 g/mol. The zero-order chi connectivity index (χ0) is 24.3. The summed E-state index contributed by atoms with van der Waals surface area (Å²) in [4.78, 5) is 20.7. The lowest BCUT2D eigenvalue weighted by Gasteiger charge is -2.53. The smallest absolute Gasteiger partial charge is 0.331 e. The second-order valence-corrected chi connectivity index (χ2v) is 11.4. The Labute approximate surface area is 227 Å². The molecule has 6 heteroatoms. The van der Waals surface area contributed by atoms with Gasteiger partial charge in [0.05, 0.1) is 19.6 Å². The van der Waals surface area contributed by atoms with E-state index in [2.05, 4.69) is 48.0 Å². The van der Waals surface area contributed by atoms with Gasteiger partial charge in [-0.15, -0.1) is 0 Å². The van der Waals surface area contributed by atoms with Crippen molar-refractivity contribution >= 4 is 5.97 Å². The van der Waals surface area contributed by atoms with Gasteiger partial charge in [0.25, 0.3) is 0 Å². The summed E-state index contributed by atoms with van der Waals surface area (Å²) in [5.74, 6) is 0.470. The van der Waals surface area contributed by atoms with Crippen LogP contribution in [0.1, 0.15) is 62.3 Å². The molecule has 1 aromatic carbocycles. The first-order valence-electron chi connectivity index (χ1n) is 13.8. The van der Waals surface area contributed by atoms with E-state index in [1.807, 2.05) is 24.4 Å². The molecule has 4 saturated heterocycles. The third-order valence-electron chi connectivity index (χ3n) is 9.08. The van der Waals surface area contributed by atoms with Gasteiger partial charge in [0.2, 0.25) is 0 Å². The molecule has 5 heterocycles. The van der Waals surface area contributed by atoms with Crippen molar-refractivity contribution in [3.05, 3.63) is 65.5 Å². The third-order valence-corrected chi connectivity index (χ3v) is 9.08.